The molecule has 2 heterocycles. The second-order valence-electron chi connectivity index (χ2n) is 6.73. The number of halogens is 4. The van der Waals surface area contributed by atoms with Gasteiger partial charge in [-0.15, -0.1) is 12.4 Å². The molecule has 2 aromatic rings. The van der Waals surface area contributed by atoms with E-state index in [2.05, 4.69) is 18.7 Å². The van der Waals surface area contributed by atoms with Crippen molar-refractivity contribution in [3.63, 3.8) is 0 Å². The second-order valence-corrected chi connectivity index (χ2v) is 6.73. The van der Waals surface area contributed by atoms with E-state index >= 15 is 0 Å². The number of likely N-dealkylation sites (tertiary alicyclic amines) is 1. The lowest BCUT2D eigenvalue weighted by Crippen LogP contribution is -2.41. The maximum atomic E-state index is 12.6. The predicted octanol–water partition coefficient (Wildman–Crippen LogP) is 4.88. The van der Waals surface area contributed by atoms with Crippen molar-refractivity contribution in [1.82, 2.24) is 9.47 Å². The number of benzene rings is 1. The van der Waals surface area contributed by atoms with E-state index in [0.29, 0.717) is 11.6 Å². The lowest BCUT2D eigenvalue weighted by Gasteiger charge is -2.34. The number of ether oxygens (including phenoxy) is 1. The largest absolute Gasteiger partial charge is 0.490 e. The first-order chi connectivity index (χ1) is 11.3. The monoisotopic (exact) mass is 376 g/mol. The number of hydrogen-bond acceptors (Lipinski definition) is 2. The van der Waals surface area contributed by atoms with Gasteiger partial charge in [-0.05, 0) is 51.0 Å². The summed E-state index contributed by atoms with van der Waals surface area (Å²) in [5, 5.41) is 0.774. The van der Waals surface area contributed by atoms with Gasteiger partial charge in [-0.25, -0.2) is 0 Å². The standard InChI is InChI=1S/C18H23F3N2O.ClH/c1-13(2)22-9-6-15(7-10-22)24-16-3-4-17-14(11-16)5-8-23(17)12-18(19,20)21;/h3-5,8,11,13,15H,6-7,9-10,12H2,1-2H3;1H. The van der Waals surface area contributed by atoms with E-state index in [1.165, 1.54) is 10.8 Å². The van der Waals surface area contributed by atoms with E-state index in [4.69, 9.17) is 4.74 Å². The van der Waals surface area contributed by atoms with Crippen LogP contribution in [-0.4, -0.2) is 40.9 Å². The average molecular weight is 377 g/mol. The highest BCUT2D eigenvalue weighted by atomic mass is 35.5. The molecule has 0 unspecified atom stereocenters. The van der Waals surface area contributed by atoms with Gasteiger partial charge in [0.25, 0.3) is 0 Å². The summed E-state index contributed by atoms with van der Waals surface area (Å²) in [4.78, 5) is 2.43. The van der Waals surface area contributed by atoms with E-state index in [0.717, 1.165) is 37.1 Å². The molecule has 0 atom stereocenters. The lowest BCUT2D eigenvalue weighted by atomic mass is 10.1. The van der Waals surface area contributed by atoms with Crippen molar-refractivity contribution in [2.75, 3.05) is 13.1 Å². The van der Waals surface area contributed by atoms with Crippen LogP contribution >= 0.6 is 12.4 Å². The highest BCUT2D eigenvalue weighted by Crippen LogP contribution is 2.27. The molecule has 0 radical (unpaired) electrons. The Morgan fingerprint density at radius 1 is 1.16 bits per heavy atom. The van der Waals surface area contributed by atoms with Crippen LogP contribution in [0.2, 0.25) is 0 Å². The fraction of sp³-hybridized carbons (Fsp3) is 0.556. The summed E-state index contributed by atoms with van der Waals surface area (Å²) < 4.78 is 45.0. The zero-order chi connectivity index (χ0) is 17.3. The van der Waals surface area contributed by atoms with Gasteiger partial charge in [0.2, 0.25) is 0 Å². The Hall–Kier alpha value is -1.40. The van der Waals surface area contributed by atoms with Crippen molar-refractivity contribution in [1.29, 1.82) is 0 Å². The van der Waals surface area contributed by atoms with Crippen LogP contribution in [0.3, 0.4) is 0 Å². The SMILES string of the molecule is CC(C)N1CCC(Oc2ccc3c(ccn3CC(F)(F)F)c2)CC1.Cl. The summed E-state index contributed by atoms with van der Waals surface area (Å²) in [6.45, 7) is 5.46. The minimum absolute atomic E-state index is 0. The number of fused-ring (bicyclic) bond motifs is 1. The molecule has 1 aromatic carbocycles. The second kappa shape index (κ2) is 7.87. The van der Waals surface area contributed by atoms with Gasteiger partial charge in [0, 0.05) is 36.2 Å². The van der Waals surface area contributed by atoms with Gasteiger partial charge in [0.15, 0.2) is 0 Å². The van der Waals surface area contributed by atoms with E-state index in [1.54, 1.807) is 18.2 Å². The number of piperidine rings is 1. The van der Waals surface area contributed by atoms with E-state index < -0.39 is 12.7 Å². The molecule has 25 heavy (non-hydrogen) atoms. The topological polar surface area (TPSA) is 17.4 Å². The summed E-state index contributed by atoms with van der Waals surface area (Å²) in [5.74, 6) is 0.732. The summed E-state index contributed by atoms with van der Waals surface area (Å²) in [6.07, 6.45) is -0.611. The minimum atomic E-state index is -4.22. The van der Waals surface area contributed by atoms with Crippen molar-refractivity contribution in [3.05, 3.63) is 30.5 Å². The quantitative estimate of drug-likeness (QED) is 0.756. The van der Waals surface area contributed by atoms with Crippen molar-refractivity contribution in [2.24, 2.45) is 0 Å². The lowest BCUT2D eigenvalue weighted by molar-refractivity contribution is -0.139. The molecule has 0 bridgehead atoms. The van der Waals surface area contributed by atoms with Crippen molar-refractivity contribution in [3.8, 4) is 5.75 Å². The number of alkyl halides is 3. The Kier molecular flexibility index (Phi) is 6.27. The van der Waals surface area contributed by atoms with Crippen molar-refractivity contribution < 1.29 is 17.9 Å². The van der Waals surface area contributed by atoms with Gasteiger partial charge in [-0.3, -0.25) is 0 Å². The molecule has 7 heteroatoms. The maximum Gasteiger partial charge on any atom is 0.406 e. The molecular weight excluding hydrogens is 353 g/mol. The smallest absolute Gasteiger partial charge is 0.406 e. The van der Waals surface area contributed by atoms with Crippen molar-refractivity contribution >= 4 is 23.3 Å². The van der Waals surface area contributed by atoms with Crippen LogP contribution in [-0.2, 0) is 6.54 Å². The normalized spacial score (nSPS) is 17.0. The van der Waals surface area contributed by atoms with E-state index in [9.17, 15) is 13.2 Å². The molecule has 0 spiro atoms. The number of aromatic nitrogens is 1. The molecule has 1 aromatic heterocycles. The molecule has 3 rings (SSSR count). The first-order valence-corrected chi connectivity index (χ1v) is 8.38. The molecule has 140 valence electrons. The van der Waals surface area contributed by atoms with Crippen LogP contribution in [0, 0.1) is 0 Å². The van der Waals surface area contributed by atoms with Gasteiger partial charge in [0.05, 0.1) is 0 Å². The number of hydrogen-bond donors (Lipinski definition) is 0. The van der Waals surface area contributed by atoms with Crippen LogP contribution in [0.1, 0.15) is 26.7 Å². The average Bonchev–Trinajstić information content (AvgIpc) is 2.88. The van der Waals surface area contributed by atoms with Gasteiger partial charge in [0.1, 0.15) is 18.4 Å². The van der Waals surface area contributed by atoms with Gasteiger partial charge >= 0.3 is 6.18 Å². The Morgan fingerprint density at radius 3 is 2.44 bits per heavy atom. The minimum Gasteiger partial charge on any atom is -0.490 e. The Morgan fingerprint density at radius 2 is 1.84 bits per heavy atom. The molecule has 0 aliphatic carbocycles. The summed E-state index contributed by atoms with van der Waals surface area (Å²) in [5.41, 5.74) is 0.578. The van der Waals surface area contributed by atoms with Crippen LogP contribution in [0.15, 0.2) is 30.5 Å². The third-order valence-corrected chi connectivity index (χ3v) is 4.60. The Labute approximate surface area is 152 Å². The summed E-state index contributed by atoms with van der Waals surface area (Å²) in [6, 6.07) is 7.56. The first kappa shape index (κ1) is 19.9. The Bertz CT molecular complexity index is 691. The first-order valence-electron chi connectivity index (χ1n) is 8.38. The third-order valence-electron chi connectivity index (χ3n) is 4.60. The van der Waals surface area contributed by atoms with Gasteiger partial charge in [-0.1, -0.05) is 0 Å². The molecule has 0 amide bonds. The van der Waals surface area contributed by atoms with E-state index in [-0.39, 0.29) is 18.5 Å². The zero-order valence-corrected chi connectivity index (χ0v) is 15.2. The number of rotatable bonds is 4. The summed E-state index contributed by atoms with van der Waals surface area (Å²) >= 11 is 0. The fourth-order valence-corrected chi connectivity index (χ4v) is 3.29. The molecule has 1 fully saturated rings. The third kappa shape index (κ3) is 5.05. The van der Waals surface area contributed by atoms with Crippen LogP contribution in [0.4, 0.5) is 13.2 Å². The zero-order valence-electron chi connectivity index (χ0n) is 14.4. The van der Waals surface area contributed by atoms with Gasteiger partial charge < -0.3 is 14.2 Å². The Balaban J connectivity index is 0.00000225. The van der Waals surface area contributed by atoms with E-state index in [1.807, 2.05) is 6.07 Å². The van der Waals surface area contributed by atoms with Crippen LogP contribution in [0.25, 0.3) is 10.9 Å². The molecule has 0 N–H and O–H groups in total. The molecule has 1 aliphatic heterocycles. The highest BCUT2D eigenvalue weighted by Gasteiger charge is 2.28. The molecule has 0 saturated carbocycles. The highest BCUT2D eigenvalue weighted by molar-refractivity contribution is 5.85. The maximum absolute atomic E-state index is 12.6. The van der Waals surface area contributed by atoms with Gasteiger partial charge in [-0.2, -0.15) is 13.2 Å². The van der Waals surface area contributed by atoms with Crippen molar-refractivity contribution in [2.45, 2.75) is 51.6 Å². The number of nitrogens with zero attached hydrogens (tertiary/aromatic N) is 2. The summed E-state index contributed by atoms with van der Waals surface area (Å²) in [7, 11) is 0. The molecular formula is C18H24ClF3N2O. The molecule has 1 aliphatic rings. The molecule has 1 saturated heterocycles. The van der Waals surface area contributed by atoms with Crippen LogP contribution in [0.5, 0.6) is 5.75 Å². The van der Waals surface area contributed by atoms with Crippen LogP contribution < -0.4 is 4.74 Å². The predicted molar refractivity (Wildman–Crippen MR) is 95.6 cm³/mol. The fourth-order valence-electron chi connectivity index (χ4n) is 3.29. The molecule has 3 nitrogen and oxygen atoms in total.